The minimum Gasteiger partial charge on any atom is -0.497 e. The fourth-order valence-electron chi connectivity index (χ4n) is 3.80. The lowest BCUT2D eigenvalue weighted by atomic mass is 10.0. The van der Waals surface area contributed by atoms with Gasteiger partial charge in [-0.05, 0) is 48.9 Å². The van der Waals surface area contributed by atoms with Crippen LogP contribution < -0.4 is 14.8 Å². The highest BCUT2D eigenvalue weighted by atomic mass is 32.1. The van der Waals surface area contributed by atoms with Crippen molar-refractivity contribution in [2.45, 2.75) is 19.6 Å². The summed E-state index contributed by atoms with van der Waals surface area (Å²) in [4.78, 5) is 19.6. The van der Waals surface area contributed by atoms with E-state index in [1.165, 1.54) is 0 Å². The molecule has 0 spiro atoms. The van der Waals surface area contributed by atoms with Gasteiger partial charge in [0.1, 0.15) is 18.1 Å². The van der Waals surface area contributed by atoms with Gasteiger partial charge in [-0.3, -0.25) is 9.69 Å². The Balaban J connectivity index is 1.36. The predicted octanol–water partition coefficient (Wildman–Crippen LogP) is 3.84. The molecule has 3 aromatic rings. The van der Waals surface area contributed by atoms with Crippen molar-refractivity contribution in [2.75, 3.05) is 40.0 Å². The number of nitrogens with zero attached hydrogens (tertiary/aromatic N) is 2. The molecule has 2 aromatic carbocycles. The number of carbonyl (C=O) groups is 1. The summed E-state index contributed by atoms with van der Waals surface area (Å²) in [6.45, 7) is 5.95. The number of benzene rings is 2. The number of ether oxygens (including phenoxy) is 3. The van der Waals surface area contributed by atoms with Gasteiger partial charge < -0.3 is 19.5 Å². The third-order valence-corrected chi connectivity index (χ3v) is 6.44. The number of rotatable bonds is 9. The summed E-state index contributed by atoms with van der Waals surface area (Å²) in [5, 5.41) is 6.11. The maximum Gasteiger partial charge on any atom is 0.251 e. The van der Waals surface area contributed by atoms with Crippen molar-refractivity contribution in [1.29, 1.82) is 0 Å². The molecule has 33 heavy (non-hydrogen) atoms. The molecule has 8 heteroatoms. The number of methoxy groups -OCH3 is 1. The number of aromatic nitrogens is 1. The van der Waals surface area contributed by atoms with Crippen LogP contribution in [-0.2, 0) is 11.3 Å². The molecule has 0 saturated carbocycles. The van der Waals surface area contributed by atoms with E-state index in [9.17, 15) is 4.79 Å². The van der Waals surface area contributed by atoms with Gasteiger partial charge in [0, 0.05) is 30.6 Å². The van der Waals surface area contributed by atoms with Crippen LogP contribution in [0.5, 0.6) is 11.5 Å². The predicted molar refractivity (Wildman–Crippen MR) is 128 cm³/mol. The van der Waals surface area contributed by atoms with Crippen molar-refractivity contribution in [3.8, 4) is 11.5 Å². The Kier molecular flexibility index (Phi) is 7.93. The van der Waals surface area contributed by atoms with Gasteiger partial charge >= 0.3 is 0 Å². The Bertz CT molecular complexity index is 1030. The largest absolute Gasteiger partial charge is 0.497 e. The van der Waals surface area contributed by atoms with E-state index < -0.39 is 0 Å². The maximum atomic E-state index is 12.8. The molecule has 0 bridgehead atoms. The molecule has 1 atom stereocenters. The molecule has 1 amide bonds. The van der Waals surface area contributed by atoms with Gasteiger partial charge in [-0.2, -0.15) is 0 Å². The van der Waals surface area contributed by atoms with E-state index in [0.29, 0.717) is 37.7 Å². The Morgan fingerprint density at radius 3 is 2.45 bits per heavy atom. The van der Waals surface area contributed by atoms with E-state index in [0.717, 1.165) is 35.1 Å². The number of thiazole rings is 1. The second-order valence-corrected chi connectivity index (χ2v) is 8.88. The number of carbonyl (C=O) groups excluding carboxylic acids is 1. The van der Waals surface area contributed by atoms with Crippen LogP contribution in [0.1, 0.15) is 32.7 Å². The lowest BCUT2D eigenvalue weighted by Gasteiger charge is -2.35. The molecule has 1 aliphatic rings. The zero-order valence-corrected chi connectivity index (χ0v) is 19.8. The fourth-order valence-corrected chi connectivity index (χ4v) is 4.40. The summed E-state index contributed by atoms with van der Waals surface area (Å²) in [6, 6.07) is 15.3. The van der Waals surface area contributed by atoms with Gasteiger partial charge in [-0.15, -0.1) is 11.3 Å². The Labute approximate surface area is 198 Å². The minimum atomic E-state index is -0.108. The third-order valence-electron chi connectivity index (χ3n) is 5.61. The molecule has 2 heterocycles. The second kappa shape index (κ2) is 11.3. The summed E-state index contributed by atoms with van der Waals surface area (Å²) in [6.07, 6.45) is 0. The first-order chi connectivity index (χ1) is 16.1. The molecule has 7 nitrogen and oxygen atoms in total. The monoisotopic (exact) mass is 467 g/mol. The van der Waals surface area contributed by atoms with E-state index in [1.54, 1.807) is 30.6 Å². The minimum absolute atomic E-state index is 0.0629. The van der Waals surface area contributed by atoms with Crippen LogP contribution in [0.2, 0.25) is 0 Å². The first-order valence-corrected chi connectivity index (χ1v) is 11.9. The summed E-state index contributed by atoms with van der Waals surface area (Å²) in [5.41, 5.74) is 2.65. The lowest BCUT2D eigenvalue weighted by molar-refractivity contribution is 0.0162. The van der Waals surface area contributed by atoms with Crippen molar-refractivity contribution in [1.82, 2.24) is 15.2 Å². The second-order valence-electron chi connectivity index (χ2n) is 7.82. The van der Waals surface area contributed by atoms with Crippen LogP contribution in [0, 0.1) is 6.92 Å². The van der Waals surface area contributed by atoms with Crippen LogP contribution in [0.15, 0.2) is 53.9 Å². The smallest absolute Gasteiger partial charge is 0.251 e. The van der Waals surface area contributed by atoms with Crippen molar-refractivity contribution in [3.63, 3.8) is 0 Å². The molecule has 1 saturated heterocycles. The SMILES string of the molecule is COc1ccc([C@H](CNC(=O)c2ccc(OCc3csc(C)n3)cc2)N2CCOCC2)cc1. The highest BCUT2D eigenvalue weighted by Gasteiger charge is 2.23. The van der Waals surface area contributed by atoms with E-state index in [1.807, 2.05) is 36.6 Å². The van der Waals surface area contributed by atoms with Gasteiger partial charge in [0.2, 0.25) is 0 Å². The normalized spacial score (nSPS) is 15.1. The number of aryl methyl sites for hydroxylation is 1. The van der Waals surface area contributed by atoms with E-state index in [4.69, 9.17) is 14.2 Å². The molecule has 1 aliphatic heterocycles. The summed E-state index contributed by atoms with van der Waals surface area (Å²) in [5.74, 6) is 1.42. The average Bonchev–Trinajstić information content (AvgIpc) is 3.29. The first kappa shape index (κ1) is 23.2. The molecule has 0 unspecified atom stereocenters. The molecular weight excluding hydrogens is 438 g/mol. The maximum absolute atomic E-state index is 12.8. The van der Waals surface area contributed by atoms with E-state index in [-0.39, 0.29) is 11.9 Å². The number of nitrogens with one attached hydrogen (secondary N) is 1. The van der Waals surface area contributed by atoms with Gasteiger partial charge in [0.25, 0.3) is 5.91 Å². The summed E-state index contributed by atoms with van der Waals surface area (Å²) >= 11 is 1.60. The fraction of sp³-hybridized carbons (Fsp3) is 0.360. The lowest BCUT2D eigenvalue weighted by Crippen LogP contribution is -2.43. The number of hydrogen-bond donors (Lipinski definition) is 1. The molecule has 174 valence electrons. The third kappa shape index (κ3) is 6.31. The number of hydrogen-bond acceptors (Lipinski definition) is 7. The number of amides is 1. The standard InChI is InChI=1S/C25H29N3O4S/c1-18-27-21(17-33-18)16-32-23-9-5-20(6-10-23)25(29)26-15-24(28-11-13-31-14-12-28)19-3-7-22(30-2)8-4-19/h3-10,17,24H,11-16H2,1-2H3,(H,26,29)/t24-/m0/s1. The van der Waals surface area contributed by atoms with Crippen LogP contribution in [0.4, 0.5) is 0 Å². The quantitative estimate of drug-likeness (QED) is 0.516. The van der Waals surface area contributed by atoms with Crippen LogP contribution >= 0.6 is 11.3 Å². The van der Waals surface area contributed by atoms with Crippen molar-refractivity contribution >= 4 is 17.2 Å². The van der Waals surface area contributed by atoms with Crippen molar-refractivity contribution in [3.05, 3.63) is 75.7 Å². The zero-order chi connectivity index (χ0) is 23.0. The van der Waals surface area contributed by atoms with Gasteiger partial charge in [0.15, 0.2) is 0 Å². The first-order valence-electron chi connectivity index (χ1n) is 11.0. The molecule has 1 N–H and O–H groups in total. The average molecular weight is 468 g/mol. The van der Waals surface area contributed by atoms with Crippen molar-refractivity contribution in [2.24, 2.45) is 0 Å². The van der Waals surface area contributed by atoms with Gasteiger partial charge in [0.05, 0.1) is 37.1 Å². The Hall–Kier alpha value is -2.94. The molecule has 4 rings (SSSR count). The molecular formula is C25H29N3O4S. The Morgan fingerprint density at radius 1 is 1.12 bits per heavy atom. The summed E-state index contributed by atoms with van der Waals surface area (Å²) < 4.78 is 16.6. The summed E-state index contributed by atoms with van der Waals surface area (Å²) in [7, 11) is 1.66. The topological polar surface area (TPSA) is 72.9 Å². The highest BCUT2D eigenvalue weighted by molar-refractivity contribution is 7.09. The van der Waals surface area contributed by atoms with Gasteiger partial charge in [-0.1, -0.05) is 12.1 Å². The molecule has 1 aromatic heterocycles. The Morgan fingerprint density at radius 2 is 1.82 bits per heavy atom. The highest BCUT2D eigenvalue weighted by Crippen LogP contribution is 2.24. The zero-order valence-electron chi connectivity index (χ0n) is 19.0. The van der Waals surface area contributed by atoms with Crippen LogP contribution in [0.3, 0.4) is 0 Å². The molecule has 0 aliphatic carbocycles. The van der Waals surface area contributed by atoms with Gasteiger partial charge in [-0.25, -0.2) is 4.98 Å². The molecule has 0 radical (unpaired) electrons. The molecule has 1 fully saturated rings. The van der Waals surface area contributed by atoms with E-state index in [2.05, 4.69) is 27.3 Å². The van der Waals surface area contributed by atoms with E-state index >= 15 is 0 Å². The van der Waals surface area contributed by atoms with Crippen LogP contribution in [-0.4, -0.2) is 55.7 Å². The van der Waals surface area contributed by atoms with Crippen molar-refractivity contribution < 1.29 is 19.0 Å². The van der Waals surface area contributed by atoms with Crippen LogP contribution in [0.25, 0.3) is 0 Å². The number of morpholine rings is 1.